The van der Waals surface area contributed by atoms with Gasteiger partial charge in [-0.05, 0) is 12.8 Å². The number of carbonyl (C=O) groups is 2. The fourth-order valence-corrected chi connectivity index (χ4v) is 2.54. The summed E-state index contributed by atoms with van der Waals surface area (Å²) >= 11 is 0. The van der Waals surface area contributed by atoms with E-state index in [0.29, 0.717) is 18.9 Å². The first kappa shape index (κ1) is 11.8. The minimum absolute atomic E-state index is 0.0887. The lowest BCUT2D eigenvalue weighted by Crippen LogP contribution is -2.53. The van der Waals surface area contributed by atoms with Gasteiger partial charge in [-0.2, -0.15) is 0 Å². The van der Waals surface area contributed by atoms with E-state index >= 15 is 0 Å². The van der Waals surface area contributed by atoms with Crippen molar-refractivity contribution in [3.8, 4) is 0 Å². The van der Waals surface area contributed by atoms with E-state index in [2.05, 4.69) is 0 Å². The van der Waals surface area contributed by atoms with Crippen LogP contribution in [0.25, 0.3) is 0 Å². The smallest absolute Gasteiger partial charge is 0.274 e. The zero-order valence-electron chi connectivity index (χ0n) is 10.3. The second-order valence-corrected chi connectivity index (χ2v) is 4.79. The quantitative estimate of drug-likeness (QED) is 0.709. The van der Waals surface area contributed by atoms with Gasteiger partial charge in [-0.25, -0.2) is 0 Å². The van der Waals surface area contributed by atoms with E-state index in [9.17, 15) is 14.4 Å². The van der Waals surface area contributed by atoms with E-state index in [1.165, 1.54) is 12.3 Å². The summed E-state index contributed by atoms with van der Waals surface area (Å²) in [5.41, 5.74) is 4.87. The Balaban J connectivity index is 2.19. The molecule has 7 heteroatoms. The lowest BCUT2D eigenvalue weighted by Gasteiger charge is -2.37. The average Bonchev–Trinajstić information content (AvgIpc) is 2.59. The maximum Gasteiger partial charge on any atom is 0.274 e. The van der Waals surface area contributed by atoms with Gasteiger partial charge in [0.2, 0.25) is 0 Å². The molecule has 0 aromatic carbocycles. The third-order valence-electron chi connectivity index (χ3n) is 3.54. The lowest BCUT2D eigenvalue weighted by atomic mass is 10.2. The van der Waals surface area contributed by atoms with Gasteiger partial charge in [0.1, 0.15) is 17.9 Å². The first-order chi connectivity index (χ1) is 9.08. The van der Waals surface area contributed by atoms with Gasteiger partial charge in [0.25, 0.3) is 11.8 Å². The Bertz CT molecular complexity index is 622. The zero-order chi connectivity index (χ0) is 13.6. The summed E-state index contributed by atoms with van der Waals surface area (Å²) in [7, 11) is 0. The van der Waals surface area contributed by atoms with E-state index in [1.54, 1.807) is 9.58 Å². The van der Waals surface area contributed by atoms with E-state index in [1.807, 2.05) is 5.01 Å². The number of amides is 2. The molecule has 2 bridgehead atoms. The number of nitrogens with zero attached hydrogens (tertiary/aromatic N) is 3. The number of nitrogens with two attached hydrogens (primary N) is 1. The number of aromatic nitrogens is 1. The second kappa shape index (κ2) is 4.11. The number of pyridine rings is 1. The molecular formula is C12H14N4O3. The highest BCUT2D eigenvalue weighted by molar-refractivity contribution is 5.96. The van der Waals surface area contributed by atoms with Crippen LogP contribution in [0.4, 0.5) is 0 Å². The largest absolute Gasteiger partial charge is 0.365 e. The molecule has 0 atom stereocenters. The van der Waals surface area contributed by atoms with E-state index in [-0.39, 0.29) is 11.5 Å². The fourth-order valence-electron chi connectivity index (χ4n) is 2.54. The van der Waals surface area contributed by atoms with Gasteiger partial charge < -0.3 is 10.6 Å². The summed E-state index contributed by atoms with van der Waals surface area (Å²) in [6, 6.07) is 1.20. The third-order valence-corrected chi connectivity index (χ3v) is 3.54. The van der Waals surface area contributed by atoms with E-state index < -0.39 is 11.3 Å². The minimum Gasteiger partial charge on any atom is -0.365 e. The third kappa shape index (κ3) is 1.78. The van der Waals surface area contributed by atoms with E-state index in [0.717, 1.165) is 19.4 Å². The van der Waals surface area contributed by atoms with Gasteiger partial charge in [0, 0.05) is 25.4 Å². The average molecular weight is 262 g/mol. The van der Waals surface area contributed by atoms with E-state index in [4.69, 9.17) is 5.73 Å². The molecule has 7 nitrogen and oxygen atoms in total. The Labute approximate surface area is 109 Å². The molecule has 2 aliphatic rings. The molecule has 1 fully saturated rings. The van der Waals surface area contributed by atoms with Crippen molar-refractivity contribution in [3.63, 3.8) is 0 Å². The van der Waals surface area contributed by atoms with Crippen molar-refractivity contribution in [2.75, 3.05) is 24.8 Å². The molecule has 0 saturated carbocycles. The molecule has 2 amide bonds. The molecule has 1 saturated heterocycles. The molecular weight excluding hydrogens is 248 g/mol. The standard InChI is InChI=1S/C12H14N4O3/c13-11(18)8-6-16-9(5-10(8)17)12(19)14-3-1-2-4-15(16)7-14/h5-6H,1-4,7H2,(H2,13,18). The summed E-state index contributed by atoms with van der Waals surface area (Å²) in [4.78, 5) is 37.0. The SMILES string of the molecule is NC(=O)c1cn2c(cc1=O)C(=O)N1CCCCN2C1. The van der Waals surface area contributed by atoms with Crippen molar-refractivity contribution in [2.24, 2.45) is 5.73 Å². The molecule has 100 valence electrons. The van der Waals surface area contributed by atoms with Gasteiger partial charge in [0.15, 0.2) is 5.43 Å². The monoisotopic (exact) mass is 262 g/mol. The minimum atomic E-state index is -0.773. The Kier molecular flexibility index (Phi) is 2.55. The molecule has 0 spiro atoms. The van der Waals surface area contributed by atoms with Crippen molar-refractivity contribution in [1.29, 1.82) is 0 Å². The van der Waals surface area contributed by atoms with Gasteiger partial charge in [0.05, 0.1) is 0 Å². The molecule has 3 rings (SSSR count). The second-order valence-electron chi connectivity index (χ2n) is 4.79. The number of carbonyl (C=O) groups excluding carboxylic acids is 2. The first-order valence-electron chi connectivity index (χ1n) is 6.19. The number of hydrogen-bond donors (Lipinski definition) is 1. The topological polar surface area (TPSA) is 88.6 Å². The summed E-state index contributed by atoms with van der Waals surface area (Å²) in [5, 5.41) is 1.94. The van der Waals surface area contributed by atoms with Crippen molar-refractivity contribution < 1.29 is 9.59 Å². The van der Waals surface area contributed by atoms with Crippen LogP contribution in [0.15, 0.2) is 17.1 Å². The highest BCUT2D eigenvalue weighted by atomic mass is 16.2. The highest BCUT2D eigenvalue weighted by Crippen LogP contribution is 2.17. The van der Waals surface area contributed by atoms with Crippen LogP contribution in [0.3, 0.4) is 0 Å². The Morgan fingerprint density at radius 3 is 2.68 bits per heavy atom. The van der Waals surface area contributed by atoms with Crippen LogP contribution in [-0.2, 0) is 0 Å². The molecule has 2 aliphatic heterocycles. The maximum atomic E-state index is 12.2. The predicted octanol–water partition coefficient (Wildman–Crippen LogP) is -0.908. The summed E-state index contributed by atoms with van der Waals surface area (Å²) in [6.07, 6.45) is 3.27. The fraction of sp³-hybridized carbons (Fsp3) is 0.417. The molecule has 0 aliphatic carbocycles. The number of hydrogen-bond acceptors (Lipinski definition) is 4. The molecule has 19 heavy (non-hydrogen) atoms. The van der Waals surface area contributed by atoms with Crippen LogP contribution < -0.4 is 16.2 Å². The van der Waals surface area contributed by atoms with Crippen molar-refractivity contribution in [1.82, 2.24) is 9.58 Å². The number of primary amides is 1. The molecule has 3 heterocycles. The van der Waals surface area contributed by atoms with Crippen LogP contribution in [0.2, 0.25) is 0 Å². The lowest BCUT2D eigenvalue weighted by molar-refractivity contribution is 0.0707. The van der Waals surface area contributed by atoms with Crippen molar-refractivity contribution >= 4 is 11.8 Å². The zero-order valence-corrected chi connectivity index (χ0v) is 10.3. The first-order valence-corrected chi connectivity index (χ1v) is 6.19. The highest BCUT2D eigenvalue weighted by Gasteiger charge is 2.31. The molecule has 2 N–H and O–H groups in total. The number of fused-ring (bicyclic) bond motifs is 4. The van der Waals surface area contributed by atoms with Crippen LogP contribution in [0.1, 0.15) is 33.7 Å². The van der Waals surface area contributed by atoms with Crippen LogP contribution >= 0.6 is 0 Å². The summed E-state index contributed by atoms with van der Waals surface area (Å²) < 4.78 is 1.59. The Morgan fingerprint density at radius 1 is 1.21 bits per heavy atom. The van der Waals surface area contributed by atoms with Gasteiger partial charge in [-0.1, -0.05) is 0 Å². The Morgan fingerprint density at radius 2 is 1.95 bits per heavy atom. The van der Waals surface area contributed by atoms with Crippen LogP contribution in [0.5, 0.6) is 0 Å². The molecule has 1 aromatic rings. The van der Waals surface area contributed by atoms with Gasteiger partial charge in [-0.15, -0.1) is 0 Å². The molecule has 0 unspecified atom stereocenters. The summed E-state index contributed by atoms with van der Waals surface area (Å²) in [6.45, 7) is 1.95. The van der Waals surface area contributed by atoms with Gasteiger partial charge in [-0.3, -0.25) is 24.1 Å². The maximum absolute atomic E-state index is 12.2. The van der Waals surface area contributed by atoms with Crippen LogP contribution in [0, 0.1) is 0 Å². The van der Waals surface area contributed by atoms with Crippen molar-refractivity contribution in [3.05, 3.63) is 33.7 Å². The van der Waals surface area contributed by atoms with Crippen molar-refractivity contribution in [2.45, 2.75) is 12.8 Å². The van der Waals surface area contributed by atoms with Gasteiger partial charge >= 0.3 is 0 Å². The number of rotatable bonds is 1. The molecule has 1 aromatic heterocycles. The predicted molar refractivity (Wildman–Crippen MR) is 67.4 cm³/mol. The Hall–Kier alpha value is -2.31. The molecule has 0 radical (unpaired) electrons. The normalized spacial score (nSPS) is 18.0. The van der Waals surface area contributed by atoms with Crippen LogP contribution in [-0.4, -0.2) is 41.1 Å². The summed E-state index contributed by atoms with van der Waals surface area (Å²) in [5.74, 6) is -0.948.